The van der Waals surface area contributed by atoms with E-state index in [1.54, 1.807) is 31.2 Å². The molecule has 0 saturated carbocycles. The van der Waals surface area contributed by atoms with E-state index in [0.29, 0.717) is 10.7 Å². The molecule has 1 saturated heterocycles. The van der Waals surface area contributed by atoms with E-state index in [-0.39, 0.29) is 17.0 Å². The lowest BCUT2D eigenvalue weighted by molar-refractivity contribution is -0.119. The second-order valence-corrected chi connectivity index (χ2v) is 8.04. The lowest BCUT2D eigenvalue weighted by atomic mass is 10.1. The van der Waals surface area contributed by atoms with Gasteiger partial charge >= 0.3 is 0 Å². The van der Waals surface area contributed by atoms with Gasteiger partial charge in [0, 0.05) is 5.56 Å². The number of benzene rings is 2. The Labute approximate surface area is 150 Å². The Bertz CT molecular complexity index is 959. The van der Waals surface area contributed by atoms with Crippen LogP contribution in [0.1, 0.15) is 17.3 Å². The van der Waals surface area contributed by atoms with E-state index in [0.717, 1.165) is 4.31 Å². The van der Waals surface area contributed by atoms with E-state index in [9.17, 15) is 18.0 Å². The molecule has 0 bridgehead atoms. The summed E-state index contributed by atoms with van der Waals surface area (Å²) < 4.78 is 25.1. The number of para-hydroxylation sites is 1. The first-order valence-electron chi connectivity index (χ1n) is 7.52. The number of hydrogen-bond acceptors (Lipinski definition) is 4. The third-order valence-corrected chi connectivity index (χ3v) is 6.02. The summed E-state index contributed by atoms with van der Waals surface area (Å²) in [6.45, 7) is 1.56. The fourth-order valence-electron chi connectivity index (χ4n) is 2.62. The SMILES string of the molecule is CC1CS(=O)(=O)N(c2cccc(C(=O)Nc3ccccc3Cl)c2)C1=O. The van der Waals surface area contributed by atoms with Crippen molar-refractivity contribution in [1.29, 1.82) is 0 Å². The summed E-state index contributed by atoms with van der Waals surface area (Å²) in [5, 5.41) is 3.05. The molecule has 130 valence electrons. The summed E-state index contributed by atoms with van der Waals surface area (Å²) in [4.78, 5) is 24.6. The highest BCUT2D eigenvalue weighted by atomic mass is 35.5. The summed E-state index contributed by atoms with van der Waals surface area (Å²) in [6, 6.07) is 12.7. The number of nitrogens with zero attached hydrogens (tertiary/aromatic N) is 1. The molecule has 25 heavy (non-hydrogen) atoms. The van der Waals surface area contributed by atoms with Gasteiger partial charge < -0.3 is 5.32 Å². The molecule has 2 aromatic carbocycles. The Morgan fingerprint density at radius 1 is 1.20 bits per heavy atom. The van der Waals surface area contributed by atoms with E-state index >= 15 is 0 Å². The molecule has 6 nitrogen and oxygen atoms in total. The van der Waals surface area contributed by atoms with Gasteiger partial charge in [-0.25, -0.2) is 12.7 Å². The molecule has 1 fully saturated rings. The van der Waals surface area contributed by atoms with Crippen molar-refractivity contribution in [2.45, 2.75) is 6.92 Å². The van der Waals surface area contributed by atoms with Gasteiger partial charge in [0.25, 0.3) is 5.91 Å². The van der Waals surface area contributed by atoms with Crippen LogP contribution in [0.3, 0.4) is 0 Å². The first-order chi connectivity index (χ1) is 11.8. The standard InChI is InChI=1S/C17H15ClN2O4S/c1-11-10-25(23,24)20(17(11)22)13-6-4-5-12(9-13)16(21)19-15-8-3-2-7-14(15)18/h2-9,11H,10H2,1H3,(H,19,21). The monoisotopic (exact) mass is 378 g/mol. The fraction of sp³-hybridized carbons (Fsp3) is 0.176. The first-order valence-corrected chi connectivity index (χ1v) is 9.51. The summed E-state index contributed by atoms with van der Waals surface area (Å²) in [6.07, 6.45) is 0. The molecule has 1 unspecified atom stereocenters. The van der Waals surface area contributed by atoms with Gasteiger partial charge in [-0.05, 0) is 30.3 Å². The molecular formula is C17H15ClN2O4S. The lowest BCUT2D eigenvalue weighted by Crippen LogP contribution is -2.30. The number of hydrogen-bond donors (Lipinski definition) is 1. The molecule has 0 aliphatic carbocycles. The first kappa shape index (κ1) is 17.4. The predicted molar refractivity (Wildman–Crippen MR) is 96.3 cm³/mol. The van der Waals surface area contributed by atoms with Crippen LogP contribution < -0.4 is 9.62 Å². The van der Waals surface area contributed by atoms with E-state index in [1.165, 1.54) is 24.3 Å². The summed E-state index contributed by atoms with van der Waals surface area (Å²) >= 11 is 6.02. The number of rotatable bonds is 3. The molecule has 2 amide bonds. The van der Waals surface area contributed by atoms with E-state index in [1.807, 2.05) is 0 Å². The molecule has 1 N–H and O–H groups in total. The largest absolute Gasteiger partial charge is 0.321 e. The van der Waals surface area contributed by atoms with Crippen LogP contribution in [0.4, 0.5) is 11.4 Å². The molecular weight excluding hydrogens is 364 g/mol. The number of halogens is 1. The van der Waals surface area contributed by atoms with Gasteiger partial charge in [-0.2, -0.15) is 0 Å². The van der Waals surface area contributed by atoms with Gasteiger partial charge in [-0.1, -0.05) is 36.7 Å². The quantitative estimate of drug-likeness (QED) is 0.890. The molecule has 3 rings (SSSR count). The predicted octanol–water partition coefficient (Wildman–Crippen LogP) is 2.90. The maximum absolute atomic E-state index is 12.4. The van der Waals surface area contributed by atoms with Gasteiger partial charge in [-0.3, -0.25) is 9.59 Å². The van der Waals surface area contributed by atoms with Crippen LogP contribution in [-0.2, 0) is 14.8 Å². The van der Waals surface area contributed by atoms with E-state index in [4.69, 9.17) is 11.6 Å². The maximum atomic E-state index is 12.4. The molecule has 1 aliphatic heterocycles. The summed E-state index contributed by atoms with van der Waals surface area (Å²) in [7, 11) is -3.72. The lowest BCUT2D eigenvalue weighted by Gasteiger charge is -2.16. The Hall–Kier alpha value is -2.38. The van der Waals surface area contributed by atoms with Crippen LogP contribution in [0, 0.1) is 5.92 Å². The normalized spacial score (nSPS) is 19.0. The van der Waals surface area contributed by atoms with Crippen LogP contribution >= 0.6 is 11.6 Å². The number of carbonyl (C=O) groups is 2. The van der Waals surface area contributed by atoms with E-state index in [2.05, 4.69) is 5.32 Å². The minimum absolute atomic E-state index is 0.154. The van der Waals surface area contributed by atoms with Crippen molar-refractivity contribution in [2.24, 2.45) is 5.92 Å². The van der Waals surface area contributed by atoms with Gasteiger partial charge in [0.1, 0.15) is 0 Å². The Kier molecular flexibility index (Phi) is 4.53. The highest BCUT2D eigenvalue weighted by molar-refractivity contribution is 7.94. The summed E-state index contributed by atoms with van der Waals surface area (Å²) in [5.74, 6) is -1.79. The Balaban J connectivity index is 1.91. The second kappa shape index (κ2) is 6.50. The molecule has 2 aromatic rings. The Morgan fingerprint density at radius 3 is 2.56 bits per heavy atom. The smallest absolute Gasteiger partial charge is 0.255 e. The van der Waals surface area contributed by atoms with Crippen molar-refractivity contribution >= 4 is 44.8 Å². The zero-order chi connectivity index (χ0) is 18.2. The average molecular weight is 379 g/mol. The molecule has 0 spiro atoms. The molecule has 1 heterocycles. The highest BCUT2D eigenvalue weighted by Crippen LogP contribution is 2.29. The highest BCUT2D eigenvalue weighted by Gasteiger charge is 2.42. The number of anilines is 2. The van der Waals surface area contributed by atoms with Crippen molar-refractivity contribution < 1.29 is 18.0 Å². The molecule has 1 aliphatic rings. The number of nitrogens with one attached hydrogen (secondary N) is 1. The van der Waals surface area contributed by atoms with Gasteiger partial charge in [0.15, 0.2) is 0 Å². The fourth-order valence-corrected chi connectivity index (χ4v) is 4.61. The van der Waals surface area contributed by atoms with Crippen LogP contribution in [0.2, 0.25) is 5.02 Å². The van der Waals surface area contributed by atoms with Crippen LogP contribution in [0.25, 0.3) is 0 Å². The third-order valence-electron chi connectivity index (χ3n) is 3.83. The zero-order valence-corrected chi connectivity index (χ0v) is 14.8. The molecule has 1 atom stereocenters. The molecule has 0 aromatic heterocycles. The van der Waals surface area contributed by atoms with Crippen molar-refractivity contribution in [2.75, 3.05) is 15.4 Å². The van der Waals surface area contributed by atoms with Crippen LogP contribution in [0.5, 0.6) is 0 Å². The molecule has 0 radical (unpaired) electrons. The van der Waals surface area contributed by atoms with Crippen molar-refractivity contribution in [3.05, 3.63) is 59.1 Å². The zero-order valence-electron chi connectivity index (χ0n) is 13.3. The average Bonchev–Trinajstić information content (AvgIpc) is 2.77. The van der Waals surface area contributed by atoms with Crippen molar-refractivity contribution in [1.82, 2.24) is 0 Å². The van der Waals surface area contributed by atoms with Crippen molar-refractivity contribution in [3.8, 4) is 0 Å². The number of amides is 2. The van der Waals surface area contributed by atoms with E-state index < -0.39 is 27.8 Å². The topological polar surface area (TPSA) is 83.6 Å². The number of sulfonamides is 1. The number of carbonyl (C=O) groups excluding carboxylic acids is 2. The summed E-state index contributed by atoms with van der Waals surface area (Å²) in [5.41, 5.74) is 0.819. The maximum Gasteiger partial charge on any atom is 0.255 e. The third kappa shape index (κ3) is 3.38. The van der Waals surface area contributed by atoms with Gasteiger partial charge in [-0.15, -0.1) is 0 Å². The Morgan fingerprint density at radius 2 is 1.92 bits per heavy atom. The van der Waals surface area contributed by atoms with Gasteiger partial charge in [0.05, 0.1) is 28.1 Å². The molecule has 8 heteroatoms. The second-order valence-electron chi connectivity index (χ2n) is 5.77. The minimum Gasteiger partial charge on any atom is -0.321 e. The minimum atomic E-state index is -3.72. The van der Waals surface area contributed by atoms with Gasteiger partial charge in [0.2, 0.25) is 15.9 Å². The van der Waals surface area contributed by atoms with Crippen LogP contribution in [-0.4, -0.2) is 26.0 Å². The van der Waals surface area contributed by atoms with Crippen LogP contribution in [0.15, 0.2) is 48.5 Å². The van der Waals surface area contributed by atoms with Crippen molar-refractivity contribution in [3.63, 3.8) is 0 Å².